The molecule has 0 saturated heterocycles. The van der Waals surface area contributed by atoms with Gasteiger partial charge in [0.25, 0.3) is 0 Å². The molecule has 0 heterocycles. The monoisotopic (exact) mass is 529 g/mol. The molecule has 0 radical (unpaired) electrons. The van der Waals surface area contributed by atoms with Crippen molar-refractivity contribution in [2.24, 2.45) is 11.3 Å². The van der Waals surface area contributed by atoms with Crippen LogP contribution in [0.5, 0.6) is 5.75 Å². The Balaban J connectivity index is 2.11. The van der Waals surface area contributed by atoms with Gasteiger partial charge in [0.1, 0.15) is 12.4 Å². The summed E-state index contributed by atoms with van der Waals surface area (Å²) >= 11 is 0. The molecule has 0 bridgehead atoms. The topological polar surface area (TPSA) is 110 Å². The Morgan fingerprint density at radius 2 is 1.72 bits per heavy atom. The van der Waals surface area contributed by atoms with Gasteiger partial charge >= 0.3 is 24.7 Å². The van der Waals surface area contributed by atoms with Gasteiger partial charge in [-0.25, -0.2) is 9.59 Å². The number of benzene rings is 1. The van der Waals surface area contributed by atoms with Gasteiger partial charge < -0.3 is 23.8 Å². The molecule has 15 heteroatoms. The van der Waals surface area contributed by atoms with Crippen molar-refractivity contribution in [2.75, 3.05) is 20.0 Å². The SMILES string of the molecule is CCc1cc(OC(F)(F)F)cc2c1CC(C(F)(F)F)C(C(=O)OCOC(=O)OCCCCON=O)=C2. The molecule has 36 heavy (non-hydrogen) atoms. The van der Waals surface area contributed by atoms with Crippen LogP contribution in [-0.4, -0.2) is 44.7 Å². The van der Waals surface area contributed by atoms with Crippen molar-refractivity contribution < 1.29 is 59.7 Å². The average molecular weight is 529 g/mol. The van der Waals surface area contributed by atoms with Crippen LogP contribution in [0.15, 0.2) is 23.0 Å². The second-order valence-corrected chi connectivity index (χ2v) is 7.36. The van der Waals surface area contributed by atoms with Crippen LogP contribution in [0, 0.1) is 10.8 Å². The first kappa shape index (κ1) is 28.7. The number of unbranched alkanes of at least 4 members (excludes halogenated alkanes) is 1. The lowest BCUT2D eigenvalue weighted by Gasteiger charge is -2.28. The molecule has 0 fully saturated rings. The van der Waals surface area contributed by atoms with Crippen molar-refractivity contribution in [2.45, 2.75) is 45.1 Å². The number of aryl methyl sites for hydroxylation is 1. The highest BCUT2D eigenvalue weighted by molar-refractivity contribution is 5.95. The van der Waals surface area contributed by atoms with E-state index in [4.69, 9.17) is 0 Å². The van der Waals surface area contributed by atoms with Gasteiger partial charge in [-0.15, -0.1) is 18.1 Å². The molecule has 9 nitrogen and oxygen atoms in total. The van der Waals surface area contributed by atoms with Gasteiger partial charge in [0.05, 0.1) is 18.1 Å². The van der Waals surface area contributed by atoms with E-state index in [0.717, 1.165) is 18.2 Å². The summed E-state index contributed by atoms with van der Waals surface area (Å²) in [6.07, 6.45) is -10.4. The molecular formula is C21H21F6NO8. The number of carbonyl (C=O) groups excluding carboxylic acids is 2. The normalized spacial score (nSPS) is 15.3. The van der Waals surface area contributed by atoms with Crippen LogP contribution in [0.3, 0.4) is 0 Å². The second-order valence-electron chi connectivity index (χ2n) is 7.36. The average Bonchev–Trinajstić information content (AvgIpc) is 2.78. The summed E-state index contributed by atoms with van der Waals surface area (Å²) in [5.41, 5.74) is -0.609. The first-order valence-corrected chi connectivity index (χ1v) is 10.5. The number of alkyl halides is 6. The summed E-state index contributed by atoms with van der Waals surface area (Å²) in [6, 6.07) is 1.88. The number of esters is 1. The fourth-order valence-corrected chi connectivity index (χ4v) is 3.40. The first-order valence-electron chi connectivity index (χ1n) is 10.5. The third-order valence-corrected chi connectivity index (χ3v) is 4.96. The Kier molecular flexibility index (Phi) is 9.93. The van der Waals surface area contributed by atoms with Gasteiger partial charge in [0.15, 0.2) is 5.34 Å². The lowest BCUT2D eigenvalue weighted by molar-refractivity contribution is -0.274. The van der Waals surface area contributed by atoms with E-state index in [2.05, 4.69) is 29.1 Å². The zero-order valence-electron chi connectivity index (χ0n) is 18.7. The molecule has 0 N–H and O–H groups in total. The number of carbonyl (C=O) groups is 2. The largest absolute Gasteiger partial charge is 0.573 e. The predicted molar refractivity (Wildman–Crippen MR) is 108 cm³/mol. The van der Waals surface area contributed by atoms with Crippen LogP contribution in [0.2, 0.25) is 0 Å². The molecule has 1 aromatic carbocycles. The van der Waals surface area contributed by atoms with E-state index in [-0.39, 0.29) is 42.7 Å². The standard InChI is InChI=1S/C21H21F6NO8/c1-2-12-7-14(36-21(25,26)27)8-13-9-16(17(10-15(12)13)20(22,23)24)18(29)33-11-34-19(30)32-5-3-4-6-35-28-31/h7-9,17H,2-6,10-11H2,1H3. The maximum Gasteiger partial charge on any atom is 0.573 e. The fourth-order valence-electron chi connectivity index (χ4n) is 3.40. The van der Waals surface area contributed by atoms with Gasteiger partial charge in [-0.2, -0.15) is 13.2 Å². The molecule has 0 aliphatic heterocycles. The Morgan fingerprint density at radius 1 is 1.03 bits per heavy atom. The third-order valence-electron chi connectivity index (χ3n) is 4.96. The highest BCUT2D eigenvalue weighted by atomic mass is 19.4. The van der Waals surface area contributed by atoms with Gasteiger partial charge in [-0.05, 0) is 60.6 Å². The zero-order chi connectivity index (χ0) is 26.9. The van der Waals surface area contributed by atoms with E-state index < -0.39 is 55.1 Å². The van der Waals surface area contributed by atoms with E-state index in [9.17, 15) is 40.8 Å². The number of fused-ring (bicyclic) bond motifs is 1. The molecule has 2 rings (SSSR count). The van der Waals surface area contributed by atoms with Crippen molar-refractivity contribution >= 4 is 18.2 Å². The Morgan fingerprint density at radius 3 is 2.33 bits per heavy atom. The highest BCUT2D eigenvalue weighted by Gasteiger charge is 2.47. The molecule has 1 aliphatic rings. The van der Waals surface area contributed by atoms with Crippen molar-refractivity contribution in [3.05, 3.63) is 39.3 Å². The van der Waals surface area contributed by atoms with E-state index in [1.807, 2.05) is 0 Å². The number of halogens is 6. The van der Waals surface area contributed by atoms with E-state index in [1.165, 1.54) is 0 Å². The number of ether oxygens (including phenoxy) is 4. The quantitative estimate of drug-likeness (QED) is 0.0937. The molecule has 1 aromatic rings. The van der Waals surface area contributed by atoms with Crippen LogP contribution in [0.4, 0.5) is 31.1 Å². The van der Waals surface area contributed by atoms with Crippen molar-refractivity contribution in [1.82, 2.24) is 0 Å². The number of rotatable bonds is 11. The van der Waals surface area contributed by atoms with E-state index >= 15 is 0 Å². The van der Waals surface area contributed by atoms with Gasteiger partial charge in [0.2, 0.25) is 6.79 Å². The molecule has 1 atom stereocenters. The second kappa shape index (κ2) is 12.4. The summed E-state index contributed by atoms with van der Waals surface area (Å²) in [7, 11) is 0. The first-order chi connectivity index (χ1) is 16.9. The Bertz CT molecular complexity index is 976. The lowest BCUT2D eigenvalue weighted by atomic mass is 9.80. The predicted octanol–water partition coefficient (Wildman–Crippen LogP) is 5.40. The van der Waals surface area contributed by atoms with Crippen LogP contribution in [0.1, 0.15) is 36.5 Å². The maximum atomic E-state index is 13.7. The van der Waals surface area contributed by atoms with Crippen LogP contribution >= 0.6 is 0 Å². The molecule has 0 spiro atoms. The zero-order valence-corrected chi connectivity index (χ0v) is 18.7. The van der Waals surface area contributed by atoms with E-state index in [1.54, 1.807) is 6.92 Å². The lowest BCUT2D eigenvalue weighted by Crippen LogP contribution is -2.33. The number of nitrogens with zero attached hydrogens (tertiary/aromatic N) is 1. The van der Waals surface area contributed by atoms with Crippen LogP contribution in [-0.2, 0) is 36.7 Å². The fraction of sp³-hybridized carbons (Fsp3) is 0.524. The highest BCUT2D eigenvalue weighted by Crippen LogP contribution is 2.42. The van der Waals surface area contributed by atoms with Crippen molar-refractivity contribution in [3.8, 4) is 5.75 Å². The molecule has 0 amide bonds. The number of hydrogen-bond donors (Lipinski definition) is 0. The summed E-state index contributed by atoms with van der Waals surface area (Å²) < 4.78 is 96.7. The summed E-state index contributed by atoms with van der Waals surface area (Å²) in [5.74, 6) is -4.42. The van der Waals surface area contributed by atoms with Crippen molar-refractivity contribution in [1.29, 1.82) is 0 Å². The Hall–Kier alpha value is -3.52. The summed E-state index contributed by atoms with van der Waals surface area (Å²) in [4.78, 5) is 37.8. The van der Waals surface area contributed by atoms with Gasteiger partial charge in [0, 0.05) is 0 Å². The third kappa shape index (κ3) is 8.61. The van der Waals surface area contributed by atoms with Gasteiger partial charge in [-0.1, -0.05) is 6.92 Å². The summed E-state index contributed by atoms with van der Waals surface area (Å²) in [6.45, 7) is 0.342. The van der Waals surface area contributed by atoms with Crippen molar-refractivity contribution in [3.63, 3.8) is 0 Å². The maximum absolute atomic E-state index is 13.7. The Labute approximate surface area is 200 Å². The summed E-state index contributed by atoms with van der Waals surface area (Å²) in [5, 5.41) is 2.17. The molecule has 0 saturated carbocycles. The smallest absolute Gasteiger partial charge is 0.434 e. The minimum atomic E-state index is -5.03. The molecule has 1 unspecified atom stereocenters. The molecular weight excluding hydrogens is 508 g/mol. The molecule has 1 aliphatic carbocycles. The molecule has 200 valence electrons. The molecule has 0 aromatic heterocycles. The van der Waals surface area contributed by atoms with Crippen LogP contribution < -0.4 is 4.74 Å². The minimum absolute atomic E-state index is 0.00169. The number of hydrogen-bond acceptors (Lipinski definition) is 9. The van der Waals surface area contributed by atoms with Gasteiger partial charge in [-0.3, -0.25) is 0 Å². The van der Waals surface area contributed by atoms with E-state index in [0.29, 0.717) is 6.42 Å². The minimum Gasteiger partial charge on any atom is -0.434 e. The van der Waals surface area contributed by atoms with Crippen LogP contribution in [0.25, 0.3) is 6.08 Å².